The van der Waals surface area contributed by atoms with E-state index >= 15 is 0 Å². The third kappa shape index (κ3) is 7.85. The maximum atomic E-state index is 10.00. The van der Waals surface area contributed by atoms with Crippen LogP contribution in [0.15, 0.2) is 0 Å². The van der Waals surface area contributed by atoms with E-state index < -0.39 is 85.0 Å². The van der Waals surface area contributed by atoms with E-state index in [1.54, 1.807) is 0 Å². The summed E-state index contributed by atoms with van der Waals surface area (Å²) in [6.07, 6.45) is -12.7. The van der Waals surface area contributed by atoms with E-state index in [9.17, 15) is 30.6 Å². The molecule has 2 saturated heterocycles. The van der Waals surface area contributed by atoms with Crippen LogP contribution in [0.5, 0.6) is 0 Å². The topological polar surface area (TPSA) is 264 Å². The second kappa shape index (κ2) is 12.3. The first-order valence-electron chi connectivity index (χ1n) is 7.75. The van der Waals surface area contributed by atoms with Crippen LogP contribution < -0.4 is 0 Å². The van der Waals surface area contributed by atoms with Gasteiger partial charge in [0.05, 0.1) is 13.2 Å². The van der Waals surface area contributed by atoms with E-state index in [0.717, 1.165) is 0 Å². The minimum atomic E-state index is -4.67. The average molecular weight is 480 g/mol. The molecule has 17 heteroatoms. The van der Waals surface area contributed by atoms with Crippen molar-refractivity contribution in [2.75, 3.05) is 19.8 Å². The second-order valence-corrected chi connectivity index (χ2v) is 6.90. The van der Waals surface area contributed by atoms with Gasteiger partial charge in [-0.25, -0.2) is 0 Å². The fourth-order valence-corrected chi connectivity index (χ4v) is 2.63. The second-order valence-electron chi connectivity index (χ2n) is 6.01. The number of hydrogen-bond acceptors (Lipinski definition) is 13. The van der Waals surface area contributed by atoms with Gasteiger partial charge in [0, 0.05) is 0 Å². The molecule has 0 amide bonds. The molecule has 29 heavy (non-hydrogen) atoms. The Morgan fingerprint density at radius 1 is 0.828 bits per heavy atom. The number of hydrogen-bond donors (Lipinski definition) is 10. The third-order valence-electron chi connectivity index (χ3n) is 4.07. The summed E-state index contributed by atoms with van der Waals surface area (Å²) < 4.78 is 47.0. The molecule has 170 valence electrons. The third-order valence-corrected chi connectivity index (χ3v) is 4.07. The minimum absolute atomic E-state index is 0. The summed E-state index contributed by atoms with van der Waals surface area (Å²) in [5.41, 5.74) is 0. The molecule has 0 spiro atoms. The Kier molecular flexibility index (Phi) is 12.8. The molecule has 0 bridgehead atoms. The molecule has 2 heterocycles. The van der Waals surface area contributed by atoms with Gasteiger partial charge in [-0.15, -0.1) is 0 Å². The van der Waals surface area contributed by atoms with Crippen LogP contribution in [0, 0.1) is 0 Å². The van der Waals surface area contributed by atoms with Gasteiger partial charge in [-0.2, -0.15) is 8.42 Å². The monoisotopic (exact) mass is 480 g/mol. The van der Waals surface area contributed by atoms with Crippen LogP contribution in [-0.4, -0.2) is 184 Å². The molecular weight excluding hydrogens is 455 g/mol. The van der Waals surface area contributed by atoms with Gasteiger partial charge in [0.2, 0.25) is 5.79 Å². The molecule has 0 saturated carbocycles. The first-order chi connectivity index (χ1) is 12.8. The van der Waals surface area contributed by atoms with Crippen molar-refractivity contribution in [1.29, 1.82) is 0 Å². The van der Waals surface area contributed by atoms with Crippen LogP contribution >= 0.6 is 0 Å². The van der Waals surface area contributed by atoms with Gasteiger partial charge in [-0.05, 0) is 0 Å². The molecule has 0 aromatic carbocycles. The molecular formula is C12H25KO15S. The van der Waals surface area contributed by atoms with Crippen LogP contribution in [0.25, 0.3) is 0 Å². The summed E-state index contributed by atoms with van der Waals surface area (Å²) in [7, 11) is -4.67. The normalized spacial score (nSPS) is 42.6. The van der Waals surface area contributed by atoms with Crippen molar-refractivity contribution in [2.45, 2.75) is 54.8 Å². The van der Waals surface area contributed by atoms with E-state index in [-0.39, 0.29) is 51.4 Å². The van der Waals surface area contributed by atoms with Crippen molar-refractivity contribution in [3.05, 3.63) is 0 Å². The van der Waals surface area contributed by atoms with Gasteiger partial charge in [0.15, 0.2) is 6.29 Å². The van der Waals surface area contributed by atoms with Gasteiger partial charge < -0.3 is 55.1 Å². The molecule has 0 radical (unpaired) electrons. The predicted octanol–water partition coefficient (Wildman–Crippen LogP) is -6.70. The summed E-state index contributed by atoms with van der Waals surface area (Å²) in [4.78, 5) is 0. The molecule has 2 aliphatic rings. The van der Waals surface area contributed by atoms with Crippen molar-refractivity contribution in [2.24, 2.45) is 0 Å². The number of aliphatic hydroxyl groups excluding tert-OH is 8. The van der Waals surface area contributed by atoms with Crippen molar-refractivity contribution in [3.63, 3.8) is 0 Å². The molecule has 15 nitrogen and oxygen atoms in total. The predicted molar refractivity (Wildman–Crippen MR) is 90.0 cm³/mol. The molecule has 0 aromatic heterocycles. The van der Waals surface area contributed by atoms with E-state index in [2.05, 4.69) is 0 Å². The van der Waals surface area contributed by atoms with Gasteiger partial charge in [-0.3, -0.25) is 9.11 Å². The fourth-order valence-electron chi connectivity index (χ4n) is 2.63. The standard InChI is InChI=1S/C12H22O11.K.H2O4S.H/c13-1-4-6(16)8(18)9(19)11(21-4)23-12(3-15)10(20)7(17)5(2-14)22-12;;1-5(2,3)4;/h4-11,13-20H,1-3H2;;(H2,1,2,3,4);/t4-,5-,6-,7-,8+,9-,10+,11-,12+;;;/m1.../s1. The maximum absolute atomic E-state index is 10.00. The Hall–Kier alpha value is 1.07. The summed E-state index contributed by atoms with van der Waals surface area (Å²) >= 11 is 0. The van der Waals surface area contributed by atoms with Crippen molar-refractivity contribution in [3.8, 4) is 0 Å². The average Bonchev–Trinajstić information content (AvgIpc) is 2.86. The van der Waals surface area contributed by atoms with Gasteiger partial charge in [0.25, 0.3) is 0 Å². The summed E-state index contributed by atoms with van der Waals surface area (Å²) in [5, 5.41) is 76.7. The summed E-state index contributed by atoms with van der Waals surface area (Å²) in [5.74, 6) is -2.22. The molecule has 10 N–H and O–H groups in total. The molecule has 0 aromatic rings. The van der Waals surface area contributed by atoms with Gasteiger partial charge in [0.1, 0.15) is 49.3 Å². The van der Waals surface area contributed by atoms with E-state index in [1.807, 2.05) is 0 Å². The zero-order valence-corrected chi connectivity index (χ0v) is 15.0. The summed E-state index contributed by atoms with van der Waals surface area (Å²) in [6, 6.07) is 0. The number of aliphatic hydroxyl groups is 8. The van der Waals surface area contributed by atoms with E-state index in [4.69, 9.17) is 41.9 Å². The van der Waals surface area contributed by atoms with Crippen molar-refractivity contribution >= 4 is 61.8 Å². The van der Waals surface area contributed by atoms with E-state index in [1.165, 1.54) is 0 Å². The quantitative estimate of drug-likeness (QED) is 0.129. The Bertz CT molecular complexity index is 582. The van der Waals surface area contributed by atoms with Crippen molar-refractivity contribution < 1.29 is 72.6 Å². The molecule has 0 aliphatic carbocycles. The first-order valence-corrected chi connectivity index (χ1v) is 9.14. The molecule has 0 unspecified atom stereocenters. The molecule has 9 atom stereocenters. The van der Waals surface area contributed by atoms with E-state index in [0.29, 0.717) is 0 Å². The summed E-state index contributed by atoms with van der Waals surface area (Å²) in [6.45, 7) is -2.32. The molecule has 2 rings (SSSR count). The number of ether oxygens (including phenoxy) is 3. The Labute approximate surface area is 207 Å². The van der Waals surface area contributed by atoms with Crippen LogP contribution in [0.4, 0.5) is 0 Å². The van der Waals surface area contributed by atoms with Crippen molar-refractivity contribution in [1.82, 2.24) is 0 Å². The Balaban J connectivity index is 0.00000117. The first kappa shape index (κ1) is 30.1. The fraction of sp³-hybridized carbons (Fsp3) is 1.00. The van der Waals surface area contributed by atoms with Crippen LogP contribution in [0.3, 0.4) is 0 Å². The van der Waals surface area contributed by atoms with Gasteiger partial charge >= 0.3 is 61.8 Å². The SMILES string of the molecule is O=S(=O)(O)O.OC[C@H]1O[C@@](CO)(O[C@H]2O[C@H](CO)[C@@H](O)[C@H](O)[C@H]2O)[C@@H](O)[C@@H]1O.[KH]. The van der Waals surface area contributed by atoms with Crippen LogP contribution in [0.1, 0.15) is 0 Å². The molecule has 2 aliphatic heterocycles. The van der Waals surface area contributed by atoms with Gasteiger partial charge in [-0.1, -0.05) is 0 Å². The zero-order chi connectivity index (χ0) is 21.9. The number of rotatable bonds is 5. The Morgan fingerprint density at radius 3 is 1.69 bits per heavy atom. The zero-order valence-electron chi connectivity index (χ0n) is 14.2. The van der Waals surface area contributed by atoms with Crippen LogP contribution in [0.2, 0.25) is 0 Å². The molecule has 2 fully saturated rings. The van der Waals surface area contributed by atoms with Crippen LogP contribution in [-0.2, 0) is 24.6 Å². The Morgan fingerprint density at radius 2 is 1.31 bits per heavy atom.